The van der Waals surface area contributed by atoms with E-state index in [2.05, 4.69) is 27.7 Å². The van der Waals surface area contributed by atoms with E-state index in [1.54, 1.807) is 0 Å². The molecule has 36 heavy (non-hydrogen) atoms. The molecule has 0 bridgehead atoms. The highest BCUT2D eigenvalue weighted by Gasteiger charge is 2.22. The predicted octanol–water partition coefficient (Wildman–Crippen LogP) is 8.32. The number of carbonyl (C=O) groups is 2. The molecule has 2 aromatic heterocycles. The molecule has 0 amide bonds. The Balaban J connectivity index is 2.45. The Hall–Kier alpha value is -2.32. The van der Waals surface area contributed by atoms with Crippen molar-refractivity contribution < 1.29 is 28.5 Å². The van der Waals surface area contributed by atoms with Crippen molar-refractivity contribution in [3.05, 3.63) is 19.5 Å². The maximum atomic E-state index is 11.8. The molecule has 0 aliphatic carbocycles. The van der Waals surface area contributed by atoms with E-state index in [1.807, 2.05) is 12.2 Å². The molecule has 8 heteroatoms. The molecule has 0 unspecified atom stereocenters. The Morgan fingerprint density at radius 1 is 0.500 bits per heavy atom. The first kappa shape index (κ1) is 29.9. The lowest BCUT2D eigenvalue weighted by Crippen LogP contribution is -2.02. The third-order valence-corrected chi connectivity index (χ3v) is 7.41. The van der Waals surface area contributed by atoms with E-state index in [0.29, 0.717) is 59.2 Å². The van der Waals surface area contributed by atoms with Crippen LogP contribution in [-0.4, -0.2) is 39.0 Å². The average Bonchev–Trinajstić information content (AvgIpc) is 3.40. The molecule has 0 saturated carbocycles. The standard InChI is InChI=1S/C28H40O6S2/c1-5-9-15-31-25-21(35-23(19-29)27(25)33-17-11-7-3)13-14-22-26(32-16-10-6-2)28(24(20-30)36-22)34-18-12-8-4/h13-14,19-20H,5-12,15-18H2,1-4H3. The molecule has 0 aromatic carbocycles. The summed E-state index contributed by atoms with van der Waals surface area (Å²) in [6, 6.07) is 0. The lowest BCUT2D eigenvalue weighted by molar-refractivity contribution is 0.111. The first-order chi connectivity index (χ1) is 17.6. The largest absolute Gasteiger partial charge is 0.488 e. The summed E-state index contributed by atoms with van der Waals surface area (Å²) in [5, 5.41) is 0. The molecule has 0 atom stereocenters. The molecule has 0 aliphatic rings. The summed E-state index contributed by atoms with van der Waals surface area (Å²) in [5.74, 6) is 2.23. The topological polar surface area (TPSA) is 71.1 Å². The number of hydrogen-bond acceptors (Lipinski definition) is 8. The summed E-state index contributed by atoms with van der Waals surface area (Å²) in [4.78, 5) is 26.3. The maximum Gasteiger partial charge on any atom is 0.183 e. The highest BCUT2D eigenvalue weighted by atomic mass is 32.1. The van der Waals surface area contributed by atoms with Gasteiger partial charge in [0.05, 0.1) is 36.2 Å². The summed E-state index contributed by atoms with van der Waals surface area (Å²) in [6.07, 6.45) is 13.1. The summed E-state index contributed by atoms with van der Waals surface area (Å²) in [7, 11) is 0. The van der Waals surface area contributed by atoms with Crippen LogP contribution in [0.5, 0.6) is 23.0 Å². The van der Waals surface area contributed by atoms with Crippen molar-refractivity contribution in [2.75, 3.05) is 26.4 Å². The van der Waals surface area contributed by atoms with Crippen LogP contribution in [0.3, 0.4) is 0 Å². The number of thiophene rings is 2. The Kier molecular flexibility index (Phi) is 14.3. The minimum Gasteiger partial charge on any atom is -0.488 e. The Morgan fingerprint density at radius 3 is 1.03 bits per heavy atom. The Labute approximate surface area is 223 Å². The number of aldehydes is 2. The summed E-state index contributed by atoms with van der Waals surface area (Å²) < 4.78 is 24.2. The smallest absolute Gasteiger partial charge is 0.183 e. The van der Waals surface area contributed by atoms with E-state index < -0.39 is 0 Å². The monoisotopic (exact) mass is 536 g/mol. The fourth-order valence-electron chi connectivity index (χ4n) is 3.22. The van der Waals surface area contributed by atoms with Gasteiger partial charge in [-0.3, -0.25) is 9.59 Å². The predicted molar refractivity (Wildman–Crippen MR) is 150 cm³/mol. The van der Waals surface area contributed by atoms with Crippen molar-refractivity contribution in [3.63, 3.8) is 0 Å². The van der Waals surface area contributed by atoms with Gasteiger partial charge in [-0.15, -0.1) is 22.7 Å². The quantitative estimate of drug-likeness (QED) is 0.125. The van der Waals surface area contributed by atoms with Crippen LogP contribution in [0.1, 0.15) is 108 Å². The third kappa shape index (κ3) is 8.66. The molecule has 0 radical (unpaired) electrons. The zero-order valence-electron chi connectivity index (χ0n) is 22.1. The van der Waals surface area contributed by atoms with Crippen molar-refractivity contribution in [2.24, 2.45) is 0 Å². The third-order valence-electron chi connectivity index (χ3n) is 5.32. The van der Waals surface area contributed by atoms with Crippen molar-refractivity contribution in [2.45, 2.75) is 79.1 Å². The zero-order chi connectivity index (χ0) is 26.2. The van der Waals surface area contributed by atoms with Gasteiger partial charge >= 0.3 is 0 Å². The molecule has 0 fully saturated rings. The fourth-order valence-corrected chi connectivity index (χ4v) is 5.04. The molecular weight excluding hydrogens is 496 g/mol. The summed E-state index contributed by atoms with van der Waals surface area (Å²) in [6.45, 7) is 10.6. The molecule has 0 spiro atoms. The minimum absolute atomic E-state index is 0.514. The van der Waals surface area contributed by atoms with Gasteiger partial charge in [-0.2, -0.15) is 0 Å². The Morgan fingerprint density at radius 2 is 0.778 bits per heavy atom. The SMILES string of the molecule is CCCCOc1c(C=O)sc(C=Cc2sc(C=O)c(OCCCC)c2OCCCC)c1OCCCC. The van der Waals surface area contributed by atoms with Gasteiger partial charge in [0.25, 0.3) is 0 Å². The van der Waals surface area contributed by atoms with Gasteiger partial charge in [-0.25, -0.2) is 0 Å². The molecule has 0 saturated heterocycles. The molecule has 2 aromatic rings. The zero-order valence-corrected chi connectivity index (χ0v) is 23.7. The first-order valence-electron chi connectivity index (χ1n) is 13.1. The van der Waals surface area contributed by atoms with Gasteiger partial charge in [0.15, 0.2) is 35.6 Å². The van der Waals surface area contributed by atoms with Crippen LogP contribution >= 0.6 is 22.7 Å². The van der Waals surface area contributed by atoms with Crippen LogP contribution in [0, 0.1) is 0 Å². The molecule has 0 N–H and O–H groups in total. The van der Waals surface area contributed by atoms with Crippen LogP contribution in [0.15, 0.2) is 0 Å². The van der Waals surface area contributed by atoms with Gasteiger partial charge in [-0.1, -0.05) is 53.4 Å². The van der Waals surface area contributed by atoms with Gasteiger partial charge in [0.1, 0.15) is 9.75 Å². The highest BCUT2D eigenvalue weighted by Crippen LogP contribution is 2.46. The van der Waals surface area contributed by atoms with E-state index in [9.17, 15) is 9.59 Å². The summed E-state index contributed by atoms with van der Waals surface area (Å²) >= 11 is 2.68. The van der Waals surface area contributed by atoms with Crippen LogP contribution in [-0.2, 0) is 0 Å². The van der Waals surface area contributed by atoms with Crippen molar-refractivity contribution >= 4 is 47.4 Å². The molecule has 6 nitrogen and oxygen atoms in total. The van der Waals surface area contributed by atoms with E-state index in [1.165, 1.54) is 22.7 Å². The number of ether oxygens (including phenoxy) is 4. The normalized spacial score (nSPS) is 11.1. The van der Waals surface area contributed by atoms with E-state index in [-0.39, 0.29) is 0 Å². The average molecular weight is 537 g/mol. The van der Waals surface area contributed by atoms with Crippen LogP contribution in [0.4, 0.5) is 0 Å². The van der Waals surface area contributed by atoms with Gasteiger partial charge < -0.3 is 18.9 Å². The van der Waals surface area contributed by atoms with E-state index >= 15 is 0 Å². The fraction of sp³-hybridized carbons (Fsp3) is 0.571. The second kappa shape index (κ2) is 17.2. The maximum absolute atomic E-state index is 11.8. The molecular formula is C28H40O6S2. The molecule has 2 rings (SSSR count). The molecule has 0 aliphatic heterocycles. The van der Waals surface area contributed by atoms with E-state index in [0.717, 1.165) is 73.7 Å². The summed E-state index contributed by atoms with van der Waals surface area (Å²) in [5.41, 5.74) is 0. The minimum atomic E-state index is 0.514. The van der Waals surface area contributed by atoms with Crippen LogP contribution < -0.4 is 18.9 Å². The van der Waals surface area contributed by atoms with Crippen molar-refractivity contribution in [1.29, 1.82) is 0 Å². The van der Waals surface area contributed by atoms with Crippen LogP contribution in [0.25, 0.3) is 12.2 Å². The lowest BCUT2D eigenvalue weighted by atomic mass is 10.3. The van der Waals surface area contributed by atoms with Gasteiger partial charge in [-0.05, 0) is 37.8 Å². The first-order valence-corrected chi connectivity index (χ1v) is 14.7. The van der Waals surface area contributed by atoms with E-state index in [4.69, 9.17) is 18.9 Å². The highest BCUT2D eigenvalue weighted by molar-refractivity contribution is 7.16. The van der Waals surface area contributed by atoms with Crippen LogP contribution in [0.2, 0.25) is 0 Å². The van der Waals surface area contributed by atoms with Crippen molar-refractivity contribution in [3.8, 4) is 23.0 Å². The van der Waals surface area contributed by atoms with Gasteiger partial charge in [0.2, 0.25) is 0 Å². The number of rotatable bonds is 20. The number of unbranched alkanes of at least 4 members (excludes halogenated alkanes) is 4. The number of carbonyl (C=O) groups excluding carboxylic acids is 2. The second-order valence-electron chi connectivity index (χ2n) is 8.35. The number of hydrogen-bond donors (Lipinski definition) is 0. The second-order valence-corrected chi connectivity index (χ2v) is 10.5. The Bertz CT molecular complexity index is 884. The van der Waals surface area contributed by atoms with Crippen molar-refractivity contribution in [1.82, 2.24) is 0 Å². The molecule has 2 heterocycles. The lowest BCUT2D eigenvalue weighted by Gasteiger charge is -2.11. The van der Waals surface area contributed by atoms with Gasteiger partial charge in [0, 0.05) is 0 Å². The molecule has 200 valence electrons.